The predicted octanol–water partition coefficient (Wildman–Crippen LogP) is 1.86. The van der Waals surface area contributed by atoms with Gasteiger partial charge in [-0.3, -0.25) is 4.90 Å². The monoisotopic (exact) mass is 228 g/mol. The van der Waals surface area contributed by atoms with Gasteiger partial charge in [0.25, 0.3) is 0 Å². The van der Waals surface area contributed by atoms with Crippen LogP contribution in [-0.2, 0) is 4.74 Å². The molecule has 0 heterocycles. The highest BCUT2D eigenvalue weighted by Gasteiger charge is 2.37. The van der Waals surface area contributed by atoms with Crippen LogP contribution in [0.25, 0.3) is 0 Å². The van der Waals surface area contributed by atoms with Gasteiger partial charge < -0.3 is 10.5 Å². The number of ether oxygens (including phenoxy) is 1. The van der Waals surface area contributed by atoms with Crippen molar-refractivity contribution >= 4 is 0 Å². The highest BCUT2D eigenvalue weighted by Crippen LogP contribution is 2.35. The number of hydrogen-bond acceptors (Lipinski definition) is 3. The van der Waals surface area contributed by atoms with Crippen LogP contribution in [-0.4, -0.2) is 43.8 Å². The van der Waals surface area contributed by atoms with Crippen LogP contribution in [0.15, 0.2) is 0 Å². The molecule has 1 aliphatic rings. The first-order valence-corrected chi connectivity index (χ1v) is 6.62. The lowest BCUT2D eigenvalue weighted by atomic mass is 9.75. The third-order valence-corrected chi connectivity index (χ3v) is 4.07. The van der Waals surface area contributed by atoms with Crippen LogP contribution in [0.3, 0.4) is 0 Å². The maximum Gasteiger partial charge on any atom is 0.0589 e. The van der Waals surface area contributed by atoms with Crippen LogP contribution in [0.5, 0.6) is 0 Å². The summed E-state index contributed by atoms with van der Waals surface area (Å²) in [5.74, 6) is 0.814. The Morgan fingerprint density at radius 1 is 1.50 bits per heavy atom. The van der Waals surface area contributed by atoms with Crippen LogP contribution >= 0.6 is 0 Å². The van der Waals surface area contributed by atoms with Crippen molar-refractivity contribution in [1.29, 1.82) is 0 Å². The highest BCUT2D eigenvalue weighted by atomic mass is 16.5. The highest BCUT2D eigenvalue weighted by molar-refractivity contribution is 4.95. The zero-order valence-electron chi connectivity index (χ0n) is 11.2. The third kappa shape index (κ3) is 3.19. The summed E-state index contributed by atoms with van der Waals surface area (Å²) >= 11 is 0. The SMILES string of the molecule is CCN(CCOC)C1(CN)CCCC(C)C1. The van der Waals surface area contributed by atoms with Crippen molar-refractivity contribution in [3.63, 3.8) is 0 Å². The van der Waals surface area contributed by atoms with Crippen molar-refractivity contribution in [3.05, 3.63) is 0 Å². The molecular formula is C13H28N2O. The summed E-state index contributed by atoms with van der Waals surface area (Å²) in [5, 5.41) is 0. The molecule has 0 aliphatic heterocycles. The molecule has 0 aromatic rings. The molecule has 16 heavy (non-hydrogen) atoms. The topological polar surface area (TPSA) is 38.5 Å². The summed E-state index contributed by atoms with van der Waals surface area (Å²) in [4.78, 5) is 2.53. The van der Waals surface area contributed by atoms with E-state index >= 15 is 0 Å². The van der Waals surface area contributed by atoms with Crippen molar-refractivity contribution in [2.24, 2.45) is 11.7 Å². The second kappa shape index (κ2) is 6.58. The molecule has 2 atom stereocenters. The average Bonchev–Trinajstić information content (AvgIpc) is 2.30. The number of nitrogens with zero attached hydrogens (tertiary/aromatic N) is 1. The fraction of sp³-hybridized carbons (Fsp3) is 1.00. The number of methoxy groups -OCH3 is 1. The zero-order chi connectivity index (χ0) is 12.0. The minimum Gasteiger partial charge on any atom is -0.383 e. The van der Waals surface area contributed by atoms with Gasteiger partial charge in [-0.25, -0.2) is 0 Å². The minimum atomic E-state index is 0.241. The lowest BCUT2D eigenvalue weighted by molar-refractivity contribution is 0.0236. The van der Waals surface area contributed by atoms with E-state index in [1.165, 1.54) is 25.7 Å². The van der Waals surface area contributed by atoms with Gasteiger partial charge in [0.15, 0.2) is 0 Å². The van der Waals surface area contributed by atoms with Crippen molar-refractivity contribution in [1.82, 2.24) is 4.90 Å². The molecule has 3 nitrogen and oxygen atoms in total. The van der Waals surface area contributed by atoms with Crippen LogP contribution in [0, 0.1) is 5.92 Å². The molecule has 1 aliphatic carbocycles. The number of likely N-dealkylation sites (N-methyl/N-ethyl adjacent to an activating group) is 1. The maximum absolute atomic E-state index is 6.07. The van der Waals surface area contributed by atoms with Gasteiger partial charge in [-0.15, -0.1) is 0 Å². The summed E-state index contributed by atoms with van der Waals surface area (Å²) in [7, 11) is 1.77. The molecule has 3 heteroatoms. The van der Waals surface area contributed by atoms with Crippen LogP contribution in [0.1, 0.15) is 39.5 Å². The van der Waals surface area contributed by atoms with Crippen molar-refractivity contribution < 1.29 is 4.74 Å². The molecule has 1 fully saturated rings. The van der Waals surface area contributed by atoms with Crippen LogP contribution in [0.4, 0.5) is 0 Å². The molecule has 96 valence electrons. The van der Waals surface area contributed by atoms with E-state index in [2.05, 4.69) is 18.7 Å². The molecule has 1 rings (SSSR count). The average molecular weight is 228 g/mol. The third-order valence-electron chi connectivity index (χ3n) is 4.07. The van der Waals surface area contributed by atoms with E-state index in [9.17, 15) is 0 Å². The Balaban J connectivity index is 2.66. The van der Waals surface area contributed by atoms with Crippen LogP contribution in [0.2, 0.25) is 0 Å². The molecule has 2 unspecified atom stereocenters. The van der Waals surface area contributed by atoms with Gasteiger partial charge in [0.2, 0.25) is 0 Å². The molecule has 0 amide bonds. The smallest absolute Gasteiger partial charge is 0.0589 e. The van der Waals surface area contributed by atoms with E-state index in [0.717, 1.165) is 32.2 Å². The number of rotatable bonds is 6. The second-order valence-corrected chi connectivity index (χ2v) is 5.20. The molecule has 0 bridgehead atoms. The molecule has 1 saturated carbocycles. The van der Waals surface area contributed by atoms with E-state index in [0.29, 0.717) is 0 Å². The maximum atomic E-state index is 6.07. The molecule has 0 saturated heterocycles. The van der Waals surface area contributed by atoms with Crippen molar-refractivity contribution in [2.45, 2.75) is 45.1 Å². The van der Waals surface area contributed by atoms with Gasteiger partial charge in [-0.05, 0) is 25.3 Å². The Labute approximate surface area is 100 Å². The number of hydrogen-bond donors (Lipinski definition) is 1. The van der Waals surface area contributed by atoms with Gasteiger partial charge in [0.05, 0.1) is 6.61 Å². The standard InChI is InChI=1S/C13H28N2O/c1-4-15(8-9-16-3)13(11-14)7-5-6-12(2)10-13/h12H,4-11,14H2,1-3H3. The predicted molar refractivity (Wildman–Crippen MR) is 68.5 cm³/mol. The van der Waals surface area contributed by atoms with E-state index < -0.39 is 0 Å². The summed E-state index contributed by atoms with van der Waals surface area (Å²) in [6, 6.07) is 0. The Bertz CT molecular complexity index is 198. The largest absolute Gasteiger partial charge is 0.383 e. The van der Waals surface area contributed by atoms with Gasteiger partial charge in [-0.2, -0.15) is 0 Å². The van der Waals surface area contributed by atoms with Gasteiger partial charge in [0, 0.05) is 25.7 Å². The quantitative estimate of drug-likeness (QED) is 0.754. The van der Waals surface area contributed by atoms with E-state index in [1.807, 2.05) is 0 Å². The molecule has 2 N–H and O–H groups in total. The Morgan fingerprint density at radius 2 is 2.25 bits per heavy atom. The number of nitrogens with two attached hydrogens (primary N) is 1. The van der Waals surface area contributed by atoms with Crippen molar-refractivity contribution in [2.75, 3.05) is 33.4 Å². The second-order valence-electron chi connectivity index (χ2n) is 5.20. The fourth-order valence-electron chi connectivity index (χ4n) is 3.17. The van der Waals surface area contributed by atoms with E-state index in [1.54, 1.807) is 7.11 Å². The van der Waals surface area contributed by atoms with Crippen LogP contribution < -0.4 is 5.73 Å². The first kappa shape index (κ1) is 13.9. The summed E-state index contributed by atoms with van der Waals surface area (Å²) in [6.07, 6.45) is 5.19. The van der Waals surface area contributed by atoms with Gasteiger partial charge >= 0.3 is 0 Å². The van der Waals surface area contributed by atoms with Crippen molar-refractivity contribution in [3.8, 4) is 0 Å². The van der Waals surface area contributed by atoms with E-state index in [-0.39, 0.29) is 5.54 Å². The molecule has 0 spiro atoms. The molecule has 0 radical (unpaired) electrons. The lowest BCUT2D eigenvalue weighted by Crippen LogP contribution is -2.56. The summed E-state index contributed by atoms with van der Waals surface area (Å²) < 4.78 is 5.20. The fourth-order valence-corrected chi connectivity index (χ4v) is 3.17. The Morgan fingerprint density at radius 3 is 2.75 bits per heavy atom. The minimum absolute atomic E-state index is 0.241. The molecule has 0 aromatic carbocycles. The summed E-state index contributed by atoms with van der Waals surface area (Å²) in [5.41, 5.74) is 6.31. The van der Waals surface area contributed by atoms with Gasteiger partial charge in [0.1, 0.15) is 0 Å². The lowest BCUT2D eigenvalue weighted by Gasteiger charge is -2.47. The molecule has 0 aromatic heterocycles. The van der Waals surface area contributed by atoms with E-state index in [4.69, 9.17) is 10.5 Å². The van der Waals surface area contributed by atoms with Gasteiger partial charge in [-0.1, -0.05) is 26.7 Å². The normalized spacial score (nSPS) is 30.9. The molecular weight excluding hydrogens is 200 g/mol. The Hall–Kier alpha value is -0.120. The Kier molecular flexibility index (Phi) is 5.73. The first-order valence-electron chi connectivity index (χ1n) is 6.62. The summed E-state index contributed by atoms with van der Waals surface area (Å²) in [6.45, 7) is 8.27. The zero-order valence-corrected chi connectivity index (χ0v) is 11.2. The first-order chi connectivity index (χ1) is 7.68.